The lowest BCUT2D eigenvalue weighted by molar-refractivity contribution is -0.122. The third-order valence-corrected chi connectivity index (χ3v) is 5.21. The molecular formula is C22H24N4O3. The molecule has 4 rings (SSSR count). The van der Waals surface area contributed by atoms with Gasteiger partial charge in [-0.1, -0.05) is 31.2 Å². The minimum atomic E-state index is -0.442. The number of amides is 2. The van der Waals surface area contributed by atoms with E-state index in [1.807, 2.05) is 53.1 Å². The molecule has 0 saturated carbocycles. The quantitative estimate of drug-likeness (QED) is 0.697. The van der Waals surface area contributed by atoms with E-state index in [9.17, 15) is 9.59 Å². The van der Waals surface area contributed by atoms with E-state index in [1.54, 1.807) is 12.0 Å². The summed E-state index contributed by atoms with van der Waals surface area (Å²) in [7, 11) is 1.57. The number of imidazole rings is 1. The standard InChI is InChI=1S/C22H24N4O3/c1-3-12-25-17-9-5-4-8-16(17)23-22(25)24-21(28)15-13-20(27)26(14-15)18-10-6-7-11-19(18)29-2/h4-11,15H,3,12-14H2,1-2H3,(H,23,24,28)/t15-/m1/s1. The SMILES string of the molecule is CCCn1c(NC(=O)[C@@H]2CC(=O)N(c3ccccc3OC)C2)nc2ccccc21. The van der Waals surface area contributed by atoms with Crippen LogP contribution in [0.1, 0.15) is 19.8 Å². The van der Waals surface area contributed by atoms with Gasteiger partial charge in [0.25, 0.3) is 0 Å². The van der Waals surface area contributed by atoms with Crippen LogP contribution in [-0.4, -0.2) is 35.0 Å². The number of aromatic nitrogens is 2. The number of aryl methyl sites for hydroxylation is 1. The monoisotopic (exact) mass is 392 g/mol. The fraction of sp³-hybridized carbons (Fsp3) is 0.318. The zero-order valence-electron chi connectivity index (χ0n) is 16.6. The van der Waals surface area contributed by atoms with Gasteiger partial charge in [-0.05, 0) is 30.7 Å². The number of rotatable bonds is 6. The van der Waals surface area contributed by atoms with Gasteiger partial charge >= 0.3 is 0 Å². The number of ether oxygens (including phenoxy) is 1. The second-order valence-electron chi connectivity index (χ2n) is 7.14. The van der Waals surface area contributed by atoms with Gasteiger partial charge in [0, 0.05) is 19.5 Å². The maximum Gasteiger partial charge on any atom is 0.232 e. The number of anilines is 2. The van der Waals surface area contributed by atoms with Crippen molar-refractivity contribution in [3.05, 3.63) is 48.5 Å². The Kier molecular flexibility index (Phi) is 5.20. The molecule has 0 bridgehead atoms. The van der Waals surface area contributed by atoms with E-state index in [-0.39, 0.29) is 18.2 Å². The summed E-state index contributed by atoms with van der Waals surface area (Å²) in [4.78, 5) is 31.7. The summed E-state index contributed by atoms with van der Waals surface area (Å²) in [6, 6.07) is 15.2. The number of fused-ring (bicyclic) bond motifs is 1. The van der Waals surface area contributed by atoms with Gasteiger partial charge in [-0.2, -0.15) is 0 Å². The van der Waals surface area contributed by atoms with Crippen molar-refractivity contribution >= 4 is 34.5 Å². The summed E-state index contributed by atoms with van der Waals surface area (Å²) in [6.45, 7) is 3.16. The Morgan fingerprint density at radius 1 is 1.21 bits per heavy atom. The van der Waals surface area contributed by atoms with E-state index in [2.05, 4.69) is 17.2 Å². The fourth-order valence-electron chi connectivity index (χ4n) is 3.80. The van der Waals surface area contributed by atoms with Crippen LogP contribution in [0.3, 0.4) is 0 Å². The molecule has 150 valence electrons. The van der Waals surface area contributed by atoms with Crippen molar-refractivity contribution in [1.82, 2.24) is 9.55 Å². The summed E-state index contributed by atoms with van der Waals surface area (Å²) in [6.07, 6.45) is 1.09. The Hall–Kier alpha value is -3.35. The van der Waals surface area contributed by atoms with Crippen LogP contribution in [-0.2, 0) is 16.1 Å². The molecule has 2 heterocycles. The normalized spacial score (nSPS) is 16.4. The fourth-order valence-corrected chi connectivity index (χ4v) is 3.80. The van der Waals surface area contributed by atoms with Crippen molar-refractivity contribution in [2.45, 2.75) is 26.3 Å². The predicted octanol–water partition coefficient (Wildman–Crippen LogP) is 3.45. The molecule has 1 saturated heterocycles. The first-order chi connectivity index (χ1) is 14.1. The molecular weight excluding hydrogens is 368 g/mol. The van der Waals surface area contributed by atoms with Gasteiger partial charge in [0.2, 0.25) is 17.8 Å². The van der Waals surface area contributed by atoms with E-state index in [0.29, 0.717) is 23.9 Å². The molecule has 0 unspecified atom stereocenters. The van der Waals surface area contributed by atoms with Crippen LogP contribution in [0.25, 0.3) is 11.0 Å². The van der Waals surface area contributed by atoms with Crippen molar-refractivity contribution in [2.75, 3.05) is 23.9 Å². The van der Waals surface area contributed by atoms with Gasteiger partial charge in [0.15, 0.2) is 0 Å². The van der Waals surface area contributed by atoms with E-state index in [1.165, 1.54) is 0 Å². The van der Waals surface area contributed by atoms with Gasteiger partial charge in [0.1, 0.15) is 5.75 Å². The lowest BCUT2D eigenvalue weighted by Gasteiger charge is -2.19. The second kappa shape index (κ2) is 7.95. The number of benzene rings is 2. The largest absolute Gasteiger partial charge is 0.495 e. The summed E-state index contributed by atoms with van der Waals surface area (Å²) >= 11 is 0. The van der Waals surface area contributed by atoms with Crippen LogP contribution in [0.15, 0.2) is 48.5 Å². The molecule has 29 heavy (non-hydrogen) atoms. The van der Waals surface area contributed by atoms with Crippen molar-refractivity contribution in [2.24, 2.45) is 5.92 Å². The Balaban J connectivity index is 1.55. The summed E-state index contributed by atoms with van der Waals surface area (Å²) in [5.74, 6) is 0.426. The minimum Gasteiger partial charge on any atom is -0.495 e. The third kappa shape index (κ3) is 3.55. The number of nitrogens with one attached hydrogen (secondary N) is 1. The second-order valence-corrected chi connectivity index (χ2v) is 7.14. The molecule has 3 aromatic rings. The predicted molar refractivity (Wildman–Crippen MR) is 112 cm³/mol. The molecule has 0 spiro atoms. The zero-order valence-corrected chi connectivity index (χ0v) is 16.6. The number of carbonyl (C=O) groups excluding carboxylic acids is 2. The van der Waals surface area contributed by atoms with Crippen LogP contribution >= 0.6 is 0 Å². The van der Waals surface area contributed by atoms with E-state index >= 15 is 0 Å². The average Bonchev–Trinajstić information content (AvgIpc) is 3.29. The molecule has 7 nitrogen and oxygen atoms in total. The molecule has 1 aromatic heterocycles. The molecule has 2 aromatic carbocycles. The smallest absolute Gasteiger partial charge is 0.232 e. The highest BCUT2D eigenvalue weighted by Gasteiger charge is 2.36. The Morgan fingerprint density at radius 2 is 1.97 bits per heavy atom. The first-order valence-electron chi connectivity index (χ1n) is 9.82. The van der Waals surface area contributed by atoms with Crippen LogP contribution in [0.2, 0.25) is 0 Å². The molecule has 1 fully saturated rings. The van der Waals surface area contributed by atoms with Crippen LogP contribution in [0, 0.1) is 5.92 Å². The van der Waals surface area contributed by atoms with E-state index in [4.69, 9.17) is 4.74 Å². The molecule has 7 heteroatoms. The molecule has 1 aliphatic rings. The molecule has 1 N–H and O–H groups in total. The zero-order chi connectivity index (χ0) is 20.4. The average molecular weight is 392 g/mol. The minimum absolute atomic E-state index is 0.0864. The Bertz CT molecular complexity index is 1060. The van der Waals surface area contributed by atoms with Gasteiger partial charge in [-0.3, -0.25) is 14.9 Å². The maximum atomic E-state index is 13.0. The van der Waals surface area contributed by atoms with Gasteiger partial charge < -0.3 is 14.2 Å². The number of methoxy groups -OCH3 is 1. The van der Waals surface area contributed by atoms with Gasteiger partial charge in [-0.25, -0.2) is 4.98 Å². The highest BCUT2D eigenvalue weighted by molar-refractivity contribution is 6.04. The number of hydrogen-bond acceptors (Lipinski definition) is 4. The van der Waals surface area contributed by atoms with E-state index in [0.717, 1.165) is 24.0 Å². The molecule has 0 aliphatic carbocycles. The summed E-state index contributed by atoms with van der Waals surface area (Å²) in [5, 5.41) is 2.95. The van der Waals surface area contributed by atoms with Crippen LogP contribution < -0.4 is 15.0 Å². The molecule has 1 aliphatic heterocycles. The van der Waals surface area contributed by atoms with Crippen molar-refractivity contribution in [3.8, 4) is 5.75 Å². The first-order valence-corrected chi connectivity index (χ1v) is 9.82. The van der Waals surface area contributed by atoms with Crippen molar-refractivity contribution in [3.63, 3.8) is 0 Å². The highest BCUT2D eigenvalue weighted by atomic mass is 16.5. The van der Waals surface area contributed by atoms with Gasteiger partial charge in [-0.15, -0.1) is 0 Å². The Labute approximate surface area is 169 Å². The van der Waals surface area contributed by atoms with Crippen molar-refractivity contribution < 1.29 is 14.3 Å². The maximum absolute atomic E-state index is 13.0. The van der Waals surface area contributed by atoms with Crippen LogP contribution in [0.4, 0.5) is 11.6 Å². The lowest BCUT2D eigenvalue weighted by atomic mass is 10.1. The summed E-state index contributed by atoms with van der Waals surface area (Å²) < 4.78 is 7.38. The topological polar surface area (TPSA) is 76.5 Å². The van der Waals surface area contributed by atoms with Crippen molar-refractivity contribution in [1.29, 1.82) is 0 Å². The van der Waals surface area contributed by atoms with Crippen LogP contribution in [0.5, 0.6) is 5.75 Å². The van der Waals surface area contributed by atoms with E-state index < -0.39 is 5.92 Å². The Morgan fingerprint density at radius 3 is 2.76 bits per heavy atom. The molecule has 2 amide bonds. The first kappa shape index (κ1) is 19.0. The lowest BCUT2D eigenvalue weighted by Crippen LogP contribution is -2.29. The number of carbonyl (C=O) groups is 2. The highest BCUT2D eigenvalue weighted by Crippen LogP contribution is 2.33. The number of para-hydroxylation sites is 4. The molecule has 0 radical (unpaired) electrons. The molecule has 1 atom stereocenters. The number of nitrogens with zero attached hydrogens (tertiary/aromatic N) is 3. The number of hydrogen-bond donors (Lipinski definition) is 1. The summed E-state index contributed by atoms with van der Waals surface area (Å²) in [5.41, 5.74) is 2.52. The van der Waals surface area contributed by atoms with Gasteiger partial charge in [0.05, 0.1) is 29.7 Å². The third-order valence-electron chi connectivity index (χ3n) is 5.21.